The molecule has 1 atom stereocenters. The monoisotopic (exact) mass is 349 g/mol. The van der Waals surface area contributed by atoms with E-state index in [1.807, 2.05) is 0 Å². The molecule has 0 unspecified atom stereocenters. The van der Waals surface area contributed by atoms with Crippen LogP contribution in [-0.2, 0) is 21.2 Å². The van der Waals surface area contributed by atoms with Crippen molar-refractivity contribution in [1.82, 2.24) is 4.31 Å². The van der Waals surface area contributed by atoms with Crippen molar-refractivity contribution in [1.29, 1.82) is 0 Å². The lowest BCUT2D eigenvalue weighted by atomic mass is 10.1. The Hall–Kier alpha value is -2.38. The molecule has 0 aromatic heterocycles. The van der Waals surface area contributed by atoms with Crippen molar-refractivity contribution in [3.05, 3.63) is 60.2 Å². The maximum absolute atomic E-state index is 12.6. The Morgan fingerprint density at radius 2 is 1.71 bits per heavy atom. The fourth-order valence-corrected chi connectivity index (χ4v) is 3.62. The predicted octanol–water partition coefficient (Wildman–Crippen LogP) is 2.01. The number of benzene rings is 2. The van der Waals surface area contributed by atoms with E-state index in [4.69, 9.17) is 4.74 Å². The molecule has 2 aromatic rings. The van der Waals surface area contributed by atoms with Gasteiger partial charge in [0.25, 0.3) is 0 Å². The summed E-state index contributed by atoms with van der Waals surface area (Å²) in [5, 5.41) is 9.49. The maximum atomic E-state index is 12.6. The Morgan fingerprint density at radius 1 is 1.12 bits per heavy atom. The molecular weight excluding hydrogens is 330 g/mol. The number of hydrogen-bond donors (Lipinski definition) is 1. The number of carboxylic acid groups (broad SMARTS) is 1. The largest absolute Gasteiger partial charge is 0.497 e. The van der Waals surface area contributed by atoms with E-state index in [1.54, 1.807) is 42.5 Å². The molecule has 2 rings (SSSR count). The number of hydrogen-bond acceptors (Lipinski definition) is 4. The molecule has 0 aliphatic heterocycles. The van der Waals surface area contributed by atoms with Crippen LogP contribution >= 0.6 is 0 Å². The van der Waals surface area contributed by atoms with Crippen molar-refractivity contribution < 1.29 is 23.1 Å². The van der Waals surface area contributed by atoms with Crippen molar-refractivity contribution in [2.24, 2.45) is 0 Å². The van der Waals surface area contributed by atoms with E-state index in [-0.39, 0.29) is 11.3 Å². The summed E-state index contributed by atoms with van der Waals surface area (Å²) in [4.78, 5) is 11.7. The fourth-order valence-electron chi connectivity index (χ4n) is 2.28. The van der Waals surface area contributed by atoms with E-state index in [2.05, 4.69) is 0 Å². The zero-order chi connectivity index (χ0) is 17.7. The molecular formula is C17H19NO5S. The average molecular weight is 349 g/mol. The molecule has 0 saturated heterocycles. The average Bonchev–Trinajstić information content (AvgIpc) is 2.60. The summed E-state index contributed by atoms with van der Waals surface area (Å²) in [5.41, 5.74) is 0.707. The third-order valence-electron chi connectivity index (χ3n) is 3.73. The second-order valence-electron chi connectivity index (χ2n) is 5.24. The molecule has 0 saturated carbocycles. The first-order valence-electron chi connectivity index (χ1n) is 7.25. The van der Waals surface area contributed by atoms with E-state index in [1.165, 1.54) is 26.3 Å². The summed E-state index contributed by atoms with van der Waals surface area (Å²) in [6.45, 7) is 0. The Labute approximate surface area is 141 Å². The minimum absolute atomic E-state index is 0.0574. The lowest BCUT2D eigenvalue weighted by Gasteiger charge is -2.24. The summed E-state index contributed by atoms with van der Waals surface area (Å²) >= 11 is 0. The number of ether oxygens (including phenoxy) is 1. The summed E-state index contributed by atoms with van der Waals surface area (Å²) in [7, 11) is -1.07. The highest BCUT2D eigenvalue weighted by Crippen LogP contribution is 2.20. The normalized spacial score (nSPS) is 12.8. The zero-order valence-electron chi connectivity index (χ0n) is 13.4. The van der Waals surface area contributed by atoms with Gasteiger partial charge in [-0.1, -0.05) is 30.3 Å². The lowest BCUT2D eigenvalue weighted by Crippen LogP contribution is -2.43. The number of aliphatic carboxylic acids is 1. The number of methoxy groups -OCH3 is 1. The van der Waals surface area contributed by atoms with Crippen LogP contribution in [-0.4, -0.2) is 44.0 Å². The fraction of sp³-hybridized carbons (Fsp3) is 0.235. The van der Waals surface area contributed by atoms with Gasteiger partial charge in [0.15, 0.2) is 0 Å². The van der Waals surface area contributed by atoms with Gasteiger partial charge in [-0.15, -0.1) is 0 Å². The molecule has 2 aromatic carbocycles. The molecule has 0 heterocycles. The van der Waals surface area contributed by atoms with Crippen LogP contribution in [0, 0.1) is 0 Å². The predicted molar refractivity (Wildman–Crippen MR) is 89.5 cm³/mol. The zero-order valence-corrected chi connectivity index (χ0v) is 14.2. The summed E-state index contributed by atoms with van der Waals surface area (Å²) < 4.78 is 31.2. The number of carboxylic acids is 1. The quantitative estimate of drug-likeness (QED) is 0.827. The van der Waals surface area contributed by atoms with Crippen molar-refractivity contribution in [2.75, 3.05) is 14.2 Å². The first-order valence-corrected chi connectivity index (χ1v) is 8.69. The van der Waals surface area contributed by atoms with Crippen LogP contribution in [0.1, 0.15) is 5.56 Å². The number of carbonyl (C=O) groups is 1. The summed E-state index contributed by atoms with van der Waals surface area (Å²) in [6, 6.07) is 13.4. The van der Waals surface area contributed by atoms with Crippen LogP contribution in [0.2, 0.25) is 0 Å². The van der Waals surface area contributed by atoms with E-state index < -0.39 is 22.0 Å². The van der Waals surface area contributed by atoms with Gasteiger partial charge < -0.3 is 9.84 Å². The highest BCUT2D eigenvalue weighted by atomic mass is 32.2. The van der Waals surface area contributed by atoms with Gasteiger partial charge in [-0.2, -0.15) is 4.31 Å². The summed E-state index contributed by atoms with van der Waals surface area (Å²) in [6.07, 6.45) is 0.0574. The lowest BCUT2D eigenvalue weighted by molar-refractivity contribution is -0.141. The number of sulfonamides is 1. The number of rotatable bonds is 7. The number of likely N-dealkylation sites (N-methyl/N-ethyl adjacent to an activating group) is 1. The van der Waals surface area contributed by atoms with Gasteiger partial charge in [0, 0.05) is 7.05 Å². The van der Waals surface area contributed by atoms with E-state index in [0.29, 0.717) is 11.3 Å². The van der Waals surface area contributed by atoms with Crippen LogP contribution < -0.4 is 4.74 Å². The standard InChI is InChI=1S/C17H19NO5S/c1-18(24(21,22)15-6-4-3-5-7-15)16(17(19)20)12-13-8-10-14(23-2)11-9-13/h3-11,16H,12H2,1-2H3,(H,19,20)/t16-/m0/s1. The molecule has 0 amide bonds. The van der Waals surface area contributed by atoms with Gasteiger partial charge in [0.2, 0.25) is 10.0 Å². The molecule has 128 valence electrons. The molecule has 1 N–H and O–H groups in total. The molecule has 0 bridgehead atoms. The van der Waals surface area contributed by atoms with Crippen LogP contribution in [0.25, 0.3) is 0 Å². The van der Waals surface area contributed by atoms with Crippen molar-refractivity contribution in [3.8, 4) is 5.75 Å². The van der Waals surface area contributed by atoms with Gasteiger partial charge in [-0.3, -0.25) is 4.79 Å². The third kappa shape index (κ3) is 3.93. The molecule has 6 nitrogen and oxygen atoms in total. The van der Waals surface area contributed by atoms with Gasteiger partial charge in [0.05, 0.1) is 12.0 Å². The highest BCUT2D eigenvalue weighted by Gasteiger charge is 2.32. The van der Waals surface area contributed by atoms with Crippen LogP contribution in [0.4, 0.5) is 0 Å². The molecule has 0 spiro atoms. The van der Waals surface area contributed by atoms with Crippen molar-refractivity contribution in [3.63, 3.8) is 0 Å². The summed E-state index contributed by atoms with van der Waals surface area (Å²) in [5.74, 6) is -0.552. The smallest absolute Gasteiger partial charge is 0.322 e. The first kappa shape index (κ1) is 18.0. The van der Waals surface area contributed by atoms with Gasteiger partial charge in [-0.25, -0.2) is 8.42 Å². The van der Waals surface area contributed by atoms with E-state index in [0.717, 1.165) is 4.31 Å². The van der Waals surface area contributed by atoms with Crippen LogP contribution in [0.3, 0.4) is 0 Å². The number of nitrogens with zero attached hydrogens (tertiary/aromatic N) is 1. The minimum Gasteiger partial charge on any atom is -0.497 e. The third-order valence-corrected chi connectivity index (χ3v) is 5.61. The molecule has 0 aliphatic carbocycles. The van der Waals surface area contributed by atoms with Gasteiger partial charge in [0.1, 0.15) is 11.8 Å². The molecule has 0 aliphatic rings. The molecule has 7 heteroatoms. The van der Waals surface area contributed by atoms with Gasteiger partial charge in [-0.05, 0) is 36.2 Å². The van der Waals surface area contributed by atoms with E-state index in [9.17, 15) is 18.3 Å². The topological polar surface area (TPSA) is 83.9 Å². The molecule has 24 heavy (non-hydrogen) atoms. The maximum Gasteiger partial charge on any atom is 0.322 e. The highest BCUT2D eigenvalue weighted by molar-refractivity contribution is 7.89. The first-order chi connectivity index (χ1) is 11.4. The Kier molecular flexibility index (Phi) is 5.58. The van der Waals surface area contributed by atoms with E-state index >= 15 is 0 Å². The van der Waals surface area contributed by atoms with Crippen molar-refractivity contribution >= 4 is 16.0 Å². The van der Waals surface area contributed by atoms with Crippen LogP contribution in [0.15, 0.2) is 59.5 Å². The second-order valence-corrected chi connectivity index (χ2v) is 7.24. The second kappa shape index (κ2) is 7.46. The molecule has 0 radical (unpaired) electrons. The Bertz CT molecular complexity index is 787. The molecule has 0 fully saturated rings. The van der Waals surface area contributed by atoms with Gasteiger partial charge >= 0.3 is 5.97 Å². The van der Waals surface area contributed by atoms with Crippen LogP contribution in [0.5, 0.6) is 5.75 Å². The van der Waals surface area contributed by atoms with Crippen molar-refractivity contribution in [2.45, 2.75) is 17.4 Å². The Morgan fingerprint density at radius 3 is 2.21 bits per heavy atom. The SMILES string of the molecule is COc1ccc(C[C@@H](C(=O)O)N(C)S(=O)(=O)c2ccccc2)cc1. The minimum atomic E-state index is -3.89. The Balaban J connectivity index is 2.27.